The topological polar surface area (TPSA) is 29.5 Å². The molecule has 22 heavy (non-hydrogen) atoms. The molecule has 0 N–H and O–H groups in total. The van der Waals surface area contributed by atoms with Crippen molar-refractivity contribution in [2.24, 2.45) is 0 Å². The Morgan fingerprint density at radius 3 is 2.68 bits per heavy atom. The van der Waals surface area contributed by atoms with Crippen LogP contribution in [0.2, 0.25) is 0 Å². The summed E-state index contributed by atoms with van der Waals surface area (Å²) >= 11 is 0. The number of nitrogens with zero attached hydrogens (tertiary/aromatic N) is 1. The predicted molar refractivity (Wildman–Crippen MR) is 90.1 cm³/mol. The number of methoxy groups -OCH3 is 1. The molecule has 2 aromatic rings. The first-order valence-electron chi connectivity index (χ1n) is 7.41. The van der Waals surface area contributed by atoms with Crippen molar-refractivity contribution in [3.8, 4) is 5.75 Å². The summed E-state index contributed by atoms with van der Waals surface area (Å²) in [6.07, 6.45) is 2.88. The highest BCUT2D eigenvalue weighted by Crippen LogP contribution is 2.37. The Morgan fingerprint density at radius 2 is 1.95 bits per heavy atom. The molecule has 0 atom stereocenters. The number of hydrogen-bond acceptors (Lipinski definition) is 2. The van der Waals surface area contributed by atoms with Gasteiger partial charge in [-0.25, -0.2) is 0 Å². The van der Waals surface area contributed by atoms with Crippen LogP contribution in [0.25, 0.3) is 11.6 Å². The van der Waals surface area contributed by atoms with E-state index < -0.39 is 0 Å². The van der Waals surface area contributed by atoms with Gasteiger partial charge in [-0.15, -0.1) is 0 Å². The number of carbonyl (C=O) groups is 1. The Hall–Kier alpha value is -2.55. The fourth-order valence-electron chi connectivity index (χ4n) is 2.81. The molecular formula is C19H19NO2. The molecule has 3 nitrogen and oxygen atoms in total. The van der Waals surface area contributed by atoms with Crippen LogP contribution in [0.4, 0.5) is 5.69 Å². The highest BCUT2D eigenvalue weighted by molar-refractivity contribution is 6.35. The van der Waals surface area contributed by atoms with Crippen molar-refractivity contribution >= 4 is 23.2 Å². The molecule has 0 saturated heterocycles. The monoisotopic (exact) mass is 293 g/mol. The first kappa shape index (κ1) is 14.4. The van der Waals surface area contributed by atoms with Gasteiger partial charge in [0.15, 0.2) is 0 Å². The van der Waals surface area contributed by atoms with Gasteiger partial charge in [0, 0.05) is 23.7 Å². The zero-order chi connectivity index (χ0) is 15.7. The van der Waals surface area contributed by atoms with Crippen molar-refractivity contribution < 1.29 is 9.53 Å². The number of rotatable bonds is 3. The third-order valence-corrected chi connectivity index (χ3v) is 4.09. The minimum absolute atomic E-state index is 0.0187. The van der Waals surface area contributed by atoms with E-state index in [2.05, 4.69) is 19.1 Å². The fraction of sp³-hybridized carbons (Fsp3) is 0.211. The lowest BCUT2D eigenvalue weighted by Crippen LogP contribution is -2.20. The van der Waals surface area contributed by atoms with Crippen LogP contribution < -0.4 is 9.64 Å². The van der Waals surface area contributed by atoms with Crippen LogP contribution >= 0.6 is 0 Å². The molecule has 1 aliphatic heterocycles. The largest absolute Gasteiger partial charge is 0.496 e. The number of carbonyl (C=O) groups excluding carboxylic acids is 1. The van der Waals surface area contributed by atoms with Crippen LogP contribution in [0.5, 0.6) is 5.75 Å². The van der Waals surface area contributed by atoms with Gasteiger partial charge in [-0.3, -0.25) is 4.79 Å². The SMILES string of the molecule is CCc1ccc(OC)c(/C=C2/C(=O)N(C)c3ccccc32)c1. The standard InChI is InChI=1S/C19H19NO2/c1-4-13-9-10-18(22-3)14(11-13)12-16-15-7-5-6-8-17(15)20(2)19(16)21/h5-12H,4H2,1-3H3/b16-12+. The van der Waals surface area contributed by atoms with Crippen molar-refractivity contribution in [2.45, 2.75) is 13.3 Å². The molecular weight excluding hydrogens is 274 g/mol. The maximum atomic E-state index is 12.5. The zero-order valence-electron chi connectivity index (χ0n) is 13.1. The van der Waals surface area contributed by atoms with Crippen molar-refractivity contribution in [3.63, 3.8) is 0 Å². The van der Waals surface area contributed by atoms with Gasteiger partial charge in [0.1, 0.15) is 5.75 Å². The molecule has 1 heterocycles. The van der Waals surface area contributed by atoms with Gasteiger partial charge in [-0.2, -0.15) is 0 Å². The van der Waals surface area contributed by atoms with Gasteiger partial charge in [0.05, 0.1) is 12.8 Å². The van der Waals surface area contributed by atoms with Crippen LogP contribution in [0, 0.1) is 0 Å². The number of aryl methyl sites for hydroxylation is 1. The third kappa shape index (κ3) is 2.29. The fourth-order valence-corrected chi connectivity index (χ4v) is 2.81. The first-order valence-corrected chi connectivity index (χ1v) is 7.41. The maximum Gasteiger partial charge on any atom is 0.258 e. The van der Waals surface area contributed by atoms with E-state index >= 15 is 0 Å². The van der Waals surface area contributed by atoms with Gasteiger partial charge in [-0.1, -0.05) is 31.2 Å². The average molecular weight is 293 g/mol. The summed E-state index contributed by atoms with van der Waals surface area (Å²) in [4.78, 5) is 14.2. The lowest BCUT2D eigenvalue weighted by Gasteiger charge is -2.09. The minimum Gasteiger partial charge on any atom is -0.496 e. The molecule has 0 aliphatic carbocycles. The van der Waals surface area contributed by atoms with Crippen molar-refractivity contribution in [2.75, 3.05) is 19.1 Å². The van der Waals surface area contributed by atoms with Crippen LogP contribution in [-0.2, 0) is 11.2 Å². The molecule has 0 unspecified atom stereocenters. The Kier molecular flexibility index (Phi) is 3.72. The van der Waals surface area contributed by atoms with E-state index in [0.717, 1.165) is 29.0 Å². The van der Waals surface area contributed by atoms with Gasteiger partial charge < -0.3 is 9.64 Å². The number of anilines is 1. The Morgan fingerprint density at radius 1 is 1.18 bits per heavy atom. The zero-order valence-corrected chi connectivity index (χ0v) is 13.1. The molecule has 0 saturated carbocycles. The summed E-state index contributed by atoms with van der Waals surface area (Å²) in [7, 11) is 3.46. The van der Waals surface area contributed by atoms with E-state index in [-0.39, 0.29) is 5.91 Å². The van der Waals surface area contributed by atoms with Crippen LogP contribution in [0.15, 0.2) is 42.5 Å². The van der Waals surface area contributed by atoms with Crippen molar-refractivity contribution in [3.05, 3.63) is 59.2 Å². The normalized spacial score (nSPS) is 15.3. The smallest absolute Gasteiger partial charge is 0.258 e. The minimum atomic E-state index is 0.0187. The Bertz CT molecular complexity index is 762. The highest BCUT2D eigenvalue weighted by Gasteiger charge is 2.29. The Labute approximate surface area is 130 Å². The molecule has 0 aromatic heterocycles. The second kappa shape index (κ2) is 5.68. The second-order valence-electron chi connectivity index (χ2n) is 5.37. The van der Waals surface area contributed by atoms with E-state index in [1.807, 2.05) is 43.5 Å². The molecule has 0 spiro atoms. The molecule has 3 heteroatoms. The summed E-state index contributed by atoms with van der Waals surface area (Å²) < 4.78 is 5.44. The highest BCUT2D eigenvalue weighted by atomic mass is 16.5. The molecule has 0 fully saturated rings. The van der Waals surface area contributed by atoms with E-state index in [4.69, 9.17) is 4.74 Å². The molecule has 0 radical (unpaired) electrons. The van der Waals surface area contributed by atoms with Gasteiger partial charge in [0.25, 0.3) is 5.91 Å². The van der Waals surface area contributed by atoms with E-state index in [1.165, 1.54) is 5.56 Å². The Balaban J connectivity index is 2.15. The molecule has 2 aromatic carbocycles. The summed E-state index contributed by atoms with van der Waals surface area (Å²) in [6.45, 7) is 2.11. The predicted octanol–water partition coefficient (Wildman–Crippen LogP) is 3.77. The van der Waals surface area contributed by atoms with Gasteiger partial charge in [-0.05, 0) is 36.3 Å². The van der Waals surface area contributed by atoms with Crippen molar-refractivity contribution in [1.82, 2.24) is 0 Å². The quantitative estimate of drug-likeness (QED) is 0.806. The first-order chi connectivity index (χ1) is 10.7. The molecule has 3 rings (SSSR count). The summed E-state index contributed by atoms with van der Waals surface area (Å²) in [5, 5.41) is 0. The lowest BCUT2D eigenvalue weighted by atomic mass is 10.0. The number of amides is 1. The molecule has 112 valence electrons. The number of para-hydroxylation sites is 1. The number of benzene rings is 2. The number of hydrogen-bond donors (Lipinski definition) is 0. The summed E-state index contributed by atoms with van der Waals surface area (Å²) in [5.41, 5.74) is 4.79. The van der Waals surface area contributed by atoms with Gasteiger partial charge >= 0.3 is 0 Å². The summed E-state index contributed by atoms with van der Waals surface area (Å²) in [6, 6.07) is 14.0. The van der Waals surface area contributed by atoms with E-state index in [1.54, 1.807) is 12.0 Å². The molecule has 1 amide bonds. The van der Waals surface area contributed by atoms with Crippen molar-refractivity contribution in [1.29, 1.82) is 0 Å². The van der Waals surface area contributed by atoms with Crippen LogP contribution in [0.3, 0.4) is 0 Å². The van der Waals surface area contributed by atoms with E-state index in [0.29, 0.717) is 5.57 Å². The maximum absolute atomic E-state index is 12.5. The number of ether oxygens (including phenoxy) is 1. The number of fused-ring (bicyclic) bond motifs is 1. The third-order valence-electron chi connectivity index (χ3n) is 4.09. The number of likely N-dealkylation sites (N-methyl/N-ethyl adjacent to an activating group) is 1. The van der Waals surface area contributed by atoms with Crippen LogP contribution in [-0.4, -0.2) is 20.1 Å². The molecule has 1 aliphatic rings. The van der Waals surface area contributed by atoms with Gasteiger partial charge in [0.2, 0.25) is 0 Å². The average Bonchev–Trinajstić information content (AvgIpc) is 2.80. The van der Waals surface area contributed by atoms with E-state index in [9.17, 15) is 4.79 Å². The lowest BCUT2D eigenvalue weighted by molar-refractivity contribution is -0.112. The molecule has 0 bridgehead atoms. The van der Waals surface area contributed by atoms with Crippen LogP contribution in [0.1, 0.15) is 23.6 Å². The summed E-state index contributed by atoms with van der Waals surface area (Å²) in [5.74, 6) is 0.801. The second-order valence-corrected chi connectivity index (χ2v) is 5.37.